The predicted molar refractivity (Wildman–Crippen MR) is 71.7 cm³/mol. The fraction of sp³-hybridized carbons (Fsp3) is 0.538. The first-order valence-electron chi connectivity index (χ1n) is 6.48. The van der Waals surface area contributed by atoms with E-state index in [1.165, 1.54) is 0 Å². The Labute approximate surface area is 108 Å². The van der Waals surface area contributed by atoms with E-state index in [1.807, 2.05) is 12.1 Å². The third kappa shape index (κ3) is 2.92. The van der Waals surface area contributed by atoms with Gasteiger partial charge in [-0.05, 0) is 30.5 Å². The smallest absolute Gasteiger partial charge is 0.423 e. The maximum absolute atomic E-state index is 10.2. The molecule has 0 saturated carbocycles. The van der Waals surface area contributed by atoms with Gasteiger partial charge < -0.3 is 20.1 Å². The molecule has 1 aromatic rings. The number of rotatable bonds is 3. The van der Waals surface area contributed by atoms with Crippen LogP contribution in [0.4, 0.5) is 0 Å². The second kappa shape index (κ2) is 5.84. The van der Waals surface area contributed by atoms with Crippen molar-refractivity contribution >= 4 is 12.6 Å². The van der Waals surface area contributed by atoms with Crippen molar-refractivity contribution in [2.24, 2.45) is 0 Å². The predicted octanol–water partition coefficient (Wildman–Crippen LogP) is -0.464. The summed E-state index contributed by atoms with van der Waals surface area (Å²) in [6.07, 6.45) is 0.597. The van der Waals surface area contributed by atoms with E-state index in [1.54, 1.807) is 12.1 Å². The van der Waals surface area contributed by atoms with Gasteiger partial charge in [-0.15, -0.1) is 0 Å². The van der Waals surface area contributed by atoms with Gasteiger partial charge in [0.05, 0.1) is 6.10 Å². The molecular formula is C13H20BNO3. The quantitative estimate of drug-likeness (QED) is 0.634. The van der Waals surface area contributed by atoms with Gasteiger partial charge in [-0.25, -0.2) is 0 Å². The highest BCUT2D eigenvalue weighted by molar-refractivity contribution is 6.58. The SMILES string of the molecule is CCN1CC[C@@H](c2ccc(B(O)O)cc2)[C@H](O)C1. The lowest BCUT2D eigenvalue weighted by Crippen LogP contribution is -2.42. The summed E-state index contributed by atoms with van der Waals surface area (Å²) in [6, 6.07) is 7.17. The summed E-state index contributed by atoms with van der Waals surface area (Å²) in [7, 11) is -1.43. The molecule has 98 valence electrons. The largest absolute Gasteiger partial charge is 0.488 e. The minimum Gasteiger partial charge on any atom is -0.423 e. The Bertz CT molecular complexity index is 382. The van der Waals surface area contributed by atoms with Crippen LogP contribution in [-0.2, 0) is 0 Å². The van der Waals surface area contributed by atoms with Crippen LogP contribution in [0.25, 0.3) is 0 Å². The van der Waals surface area contributed by atoms with Crippen LogP contribution in [0.1, 0.15) is 24.8 Å². The standard InChI is InChI=1S/C13H20BNO3/c1-2-15-8-7-12(13(16)9-15)10-3-5-11(6-4-10)14(17)18/h3-6,12-13,16-18H,2,7-9H2,1H3/t12-,13+/m0/s1. The van der Waals surface area contributed by atoms with Crippen molar-refractivity contribution in [2.45, 2.75) is 25.4 Å². The van der Waals surface area contributed by atoms with E-state index in [0.717, 1.165) is 25.1 Å². The Hall–Kier alpha value is -0.875. The topological polar surface area (TPSA) is 63.9 Å². The van der Waals surface area contributed by atoms with Crippen LogP contribution in [0.2, 0.25) is 0 Å². The molecule has 3 N–H and O–H groups in total. The molecule has 0 aromatic heterocycles. The number of β-amino-alcohol motifs (C(OH)–C–C–N with tert-alkyl or cyclic N) is 1. The lowest BCUT2D eigenvalue weighted by molar-refractivity contribution is 0.0540. The van der Waals surface area contributed by atoms with Crippen LogP contribution >= 0.6 is 0 Å². The normalized spacial score (nSPS) is 25.1. The Morgan fingerprint density at radius 3 is 2.44 bits per heavy atom. The maximum Gasteiger partial charge on any atom is 0.488 e. The zero-order valence-corrected chi connectivity index (χ0v) is 10.7. The van der Waals surface area contributed by atoms with E-state index < -0.39 is 7.12 Å². The number of hydrogen-bond acceptors (Lipinski definition) is 4. The summed E-state index contributed by atoms with van der Waals surface area (Å²) in [5.41, 5.74) is 1.56. The zero-order chi connectivity index (χ0) is 13.1. The number of aliphatic hydroxyl groups excluding tert-OH is 1. The van der Waals surface area contributed by atoms with Crippen molar-refractivity contribution in [1.82, 2.24) is 4.90 Å². The van der Waals surface area contributed by atoms with Crippen molar-refractivity contribution in [3.8, 4) is 0 Å². The van der Waals surface area contributed by atoms with Crippen molar-refractivity contribution in [2.75, 3.05) is 19.6 Å². The molecule has 0 unspecified atom stereocenters. The third-order valence-corrected chi connectivity index (χ3v) is 3.78. The molecule has 0 bridgehead atoms. The summed E-state index contributed by atoms with van der Waals surface area (Å²) < 4.78 is 0. The number of aliphatic hydroxyl groups is 1. The number of likely N-dealkylation sites (N-methyl/N-ethyl adjacent to an activating group) is 1. The summed E-state index contributed by atoms with van der Waals surface area (Å²) in [4.78, 5) is 2.24. The van der Waals surface area contributed by atoms with Gasteiger partial charge in [-0.1, -0.05) is 31.2 Å². The van der Waals surface area contributed by atoms with Gasteiger partial charge in [0.1, 0.15) is 0 Å². The first-order chi connectivity index (χ1) is 8.61. The highest BCUT2D eigenvalue weighted by Gasteiger charge is 2.28. The lowest BCUT2D eigenvalue weighted by atomic mass is 9.78. The fourth-order valence-electron chi connectivity index (χ4n) is 2.59. The summed E-state index contributed by atoms with van der Waals surface area (Å²) in [5, 5.41) is 28.2. The molecule has 1 aromatic carbocycles. The van der Waals surface area contributed by atoms with Crippen molar-refractivity contribution in [3.05, 3.63) is 29.8 Å². The molecule has 18 heavy (non-hydrogen) atoms. The van der Waals surface area contributed by atoms with Crippen LogP contribution in [0, 0.1) is 0 Å². The van der Waals surface area contributed by atoms with E-state index in [-0.39, 0.29) is 12.0 Å². The van der Waals surface area contributed by atoms with E-state index in [0.29, 0.717) is 12.0 Å². The summed E-state index contributed by atoms with van der Waals surface area (Å²) in [6.45, 7) is 4.79. The molecule has 1 aliphatic heterocycles. The second-order valence-corrected chi connectivity index (χ2v) is 4.90. The number of piperidine rings is 1. The molecule has 5 heteroatoms. The number of hydrogen-bond donors (Lipinski definition) is 3. The first-order valence-corrected chi connectivity index (χ1v) is 6.48. The van der Waals surface area contributed by atoms with Gasteiger partial charge in [0, 0.05) is 12.5 Å². The Morgan fingerprint density at radius 1 is 1.28 bits per heavy atom. The van der Waals surface area contributed by atoms with Crippen molar-refractivity contribution in [3.63, 3.8) is 0 Å². The van der Waals surface area contributed by atoms with Gasteiger partial charge in [0.25, 0.3) is 0 Å². The summed E-state index contributed by atoms with van der Waals surface area (Å²) in [5.74, 6) is 0.151. The Kier molecular flexibility index (Phi) is 4.40. The molecule has 1 aliphatic rings. The van der Waals surface area contributed by atoms with Gasteiger partial charge in [0.2, 0.25) is 0 Å². The highest BCUT2D eigenvalue weighted by atomic mass is 16.4. The second-order valence-electron chi connectivity index (χ2n) is 4.90. The van der Waals surface area contributed by atoms with Crippen LogP contribution in [-0.4, -0.2) is 52.9 Å². The van der Waals surface area contributed by atoms with E-state index in [4.69, 9.17) is 10.0 Å². The zero-order valence-electron chi connectivity index (χ0n) is 10.7. The van der Waals surface area contributed by atoms with E-state index >= 15 is 0 Å². The molecule has 0 radical (unpaired) electrons. The average Bonchev–Trinajstić information content (AvgIpc) is 2.38. The number of likely N-dealkylation sites (tertiary alicyclic amines) is 1. The van der Waals surface area contributed by atoms with Crippen LogP contribution < -0.4 is 5.46 Å². The minimum atomic E-state index is -1.43. The first kappa shape index (κ1) is 13.6. The molecule has 0 aliphatic carbocycles. The fourth-order valence-corrected chi connectivity index (χ4v) is 2.59. The van der Waals surface area contributed by atoms with Gasteiger partial charge in [-0.2, -0.15) is 0 Å². The number of benzene rings is 1. The molecule has 0 spiro atoms. The van der Waals surface area contributed by atoms with Gasteiger partial charge in [0.15, 0.2) is 0 Å². The molecule has 1 heterocycles. The van der Waals surface area contributed by atoms with Crippen molar-refractivity contribution in [1.29, 1.82) is 0 Å². The Morgan fingerprint density at radius 2 is 1.94 bits per heavy atom. The maximum atomic E-state index is 10.2. The molecule has 0 amide bonds. The molecule has 2 atom stereocenters. The van der Waals surface area contributed by atoms with Crippen molar-refractivity contribution < 1.29 is 15.2 Å². The van der Waals surface area contributed by atoms with Gasteiger partial charge in [-0.3, -0.25) is 0 Å². The lowest BCUT2D eigenvalue weighted by Gasteiger charge is -2.35. The summed E-state index contributed by atoms with van der Waals surface area (Å²) >= 11 is 0. The minimum absolute atomic E-state index is 0.151. The molecule has 2 rings (SSSR count). The molecule has 1 fully saturated rings. The molecule has 1 saturated heterocycles. The number of nitrogens with zero attached hydrogens (tertiary/aromatic N) is 1. The van der Waals surface area contributed by atoms with E-state index in [2.05, 4.69) is 11.8 Å². The average molecular weight is 249 g/mol. The highest BCUT2D eigenvalue weighted by Crippen LogP contribution is 2.27. The molecular weight excluding hydrogens is 229 g/mol. The van der Waals surface area contributed by atoms with Crippen LogP contribution in [0.5, 0.6) is 0 Å². The van der Waals surface area contributed by atoms with Crippen LogP contribution in [0.3, 0.4) is 0 Å². The molecule has 4 nitrogen and oxygen atoms in total. The van der Waals surface area contributed by atoms with E-state index in [9.17, 15) is 5.11 Å². The van der Waals surface area contributed by atoms with Crippen LogP contribution in [0.15, 0.2) is 24.3 Å². The Balaban J connectivity index is 2.07. The monoisotopic (exact) mass is 249 g/mol. The third-order valence-electron chi connectivity index (χ3n) is 3.78. The van der Waals surface area contributed by atoms with Gasteiger partial charge >= 0.3 is 7.12 Å².